The Labute approximate surface area is 116 Å². The van der Waals surface area contributed by atoms with Gasteiger partial charge in [-0.3, -0.25) is 4.79 Å². The molecule has 0 aliphatic carbocycles. The predicted octanol–water partition coefficient (Wildman–Crippen LogP) is 3.63. The lowest BCUT2D eigenvalue weighted by Crippen LogP contribution is -2.11. The Bertz CT molecular complexity index is 603. The van der Waals surface area contributed by atoms with E-state index in [0.29, 0.717) is 22.1 Å². The molecule has 0 atom stereocenters. The Morgan fingerprint density at radius 3 is 1.95 bits per heavy atom. The molecule has 0 saturated carbocycles. The highest BCUT2D eigenvalue weighted by molar-refractivity contribution is 6.30. The van der Waals surface area contributed by atoms with Gasteiger partial charge in [-0.15, -0.1) is 0 Å². The predicted molar refractivity (Wildman–Crippen MR) is 76.2 cm³/mol. The number of carbonyl (C=O) groups is 1. The third-order valence-electron chi connectivity index (χ3n) is 2.55. The zero-order chi connectivity index (χ0) is 13.8. The zero-order valence-corrected chi connectivity index (χ0v) is 10.9. The summed E-state index contributed by atoms with van der Waals surface area (Å²) in [6.07, 6.45) is 0. The maximum absolute atomic E-state index is 11.0. The number of primary amides is 1. The van der Waals surface area contributed by atoms with E-state index in [-0.39, 0.29) is 5.57 Å². The van der Waals surface area contributed by atoms with Gasteiger partial charge in [0.05, 0.1) is 0 Å². The summed E-state index contributed by atoms with van der Waals surface area (Å²) in [5.41, 5.74) is 6.11. The van der Waals surface area contributed by atoms with Crippen LogP contribution in [0.2, 0.25) is 5.02 Å². The zero-order valence-electron chi connectivity index (χ0n) is 10.1. The third-order valence-corrected chi connectivity index (χ3v) is 2.80. The minimum absolute atomic E-state index is 0.276. The normalized spacial score (nSPS) is 9.95. The second-order valence-corrected chi connectivity index (χ2v) is 4.36. The molecule has 0 spiro atoms. The topological polar surface area (TPSA) is 52.3 Å². The number of halogens is 1. The van der Waals surface area contributed by atoms with Crippen molar-refractivity contribution in [3.63, 3.8) is 0 Å². The van der Waals surface area contributed by atoms with E-state index >= 15 is 0 Å². The van der Waals surface area contributed by atoms with E-state index < -0.39 is 5.91 Å². The van der Waals surface area contributed by atoms with Gasteiger partial charge in [-0.25, -0.2) is 0 Å². The smallest absolute Gasteiger partial charge is 0.248 e. The standard InChI is InChI=1S/C15H12ClNO2/c1-10(15(17)18)11-2-6-13(7-3-11)19-14-8-4-12(16)5-9-14/h2-9H,1H2,(H2,17,18). The molecule has 0 unspecified atom stereocenters. The first-order valence-corrected chi connectivity index (χ1v) is 5.96. The second kappa shape index (κ2) is 5.59. The van der Waals surface area contributed by atoms with Crippen molar-refractivity contribution in [2.24, 2.45) is 5.73 Å². The molecule has 3 nitrogen and oxygen atoms in total. The van der Waals surface area contributed by atoms with Gasteiger partial charge >= 0.3 is 0 Å². The summed E-state index contributed by atoms with van der Waals surface area (Å²) in [6.45, 7) is 3.62. The van der Waals surface area contributed by atoms with Gasteiger partial charge in [-0.1, -0.05) is 30.3 Å². The molecular formula is C15H12ClNO2. The van der Waals surface area contributed by atoms with Crippen molar-refractivity contribution in [3.8, 4) is 11.5 Å². The van der Waals surface area contributed by atoms with Crippen molar-refractivity contribution in [1.29, 1.82) is 0 Å². The van der Waals surface area contributed by atoms with Crippen molar-refractivity contribution in [1.82, 2.24) is 0 Å². The largest absolute Gasteiger partial charge is 0.457 e. The molecule has 0 aliphatic rings. The molecule has 0 aromatic heterocycles. The SMILES string of the molecule is C=C(C(N)=O)c1ccc(Oc2ccc(Cl)cc2)cc1. The lowest BCUT2D eigenvalue weighted by Gasteiger charge is -2.07. The van der Waals surface area contributed by atoms with Gasteiger partial charge in [-0.2, -0.15) is 0 Å². The lowest BCUT2D eigenvalue weighted by molar-refractivity contribution is -0.112. The summed E-state index contributed by atoms with van der Waals surface area (Å²) in [5, 5.41) is 0.653. The molecule has 2 N–H and O–H groups in total. The van der Waals surface area contributed by atoms with Crippen LogP contribution >= 0.6 is 11.6 Å². The van der Waals surface area contributed by atoms with Crippen molar-refractivity contribution in [3.05, 3.63) is 65.7 Å². The molecule has 2 aromatic carbocycles. The fraction of sp³-hybridized carbons (Fsp3) is 0. The van der Waals surface area contributed by atoms with Crippen LogP contribution in [-0.4, -0.2) is 5.91 Å². The average molecular weight is 274 g/mol. The van der Waals surface area contributed by atoms with Crippen LogP contribution in [0.5, 0.6) is 11.5 Å². The molecular weight excluding hydrogens is 262 g/mol. The number of ether oxygens (including phenoxy) is 1. The van der Waals surface area contributed by atoms with E-state index in [1.807, 2.05) is 0 Å². The molecule has 1 amide bonds. The van der Waals surface area contributed by atoms with Crippen molar-refractivity contribution in [2.45, 2.75) is 0 Å². The Hall–Kier alpha value is -2.26. The fourth-order valence-electron chi connectivity index (χ4n) is 1.51. The Balaban J connectivity index is 2.13. The van der Waals surface area contributed by atoms with Gasteiger partial charge in [0, 0.05) is 10.6 Å². The number of carbonyl (C=O) groups excluding carboxylic acids is 1. The molecule has 19 heavy (non-hydrogen) atoms. The molecule has 2 aromatic rings. The van der Waals surface area contributed by atoms with Crippen LogP contribution in [0.3, 0.4) is 0 Å². The van der Waals surface area contributed by atoms with Crippen LogP contribution in [-0.2, 0) is 4.79 Å². The van der Waals surface area contributed by atoms with Crippen LogP contribution in [0, 0.1) is 0 Å². The van der Waals surface area contributed by atoms with Crippen molar-refractivity contribution in [2.75, 3.05) is 0 Å². The van der Waals surface area contributed by atoms with Gasteiger partial charge < -0.3 is 10.5 Å². The summed E-state index contributed by atoms with van der Waals surface area (Å²) < 4.78 is 5.62. The molecule has 0 saturated heterocycles. The molecule has 0 fully saturated rings. The van der Waals surface area contributed by atoms with Crippen LogP contribution in [0.4, 0.5) is 0 Å². The Morgan fingerprint density at radius 1 is 1.00 bits per heavy atom. The molecule has 0 aliphatic heterocycles. The summed E-state index contributed by atoms with van der Waals surface area (Å²) in [4.78, 5) is 11.0. The van der Waals surface area contributed by atoms with E-state index in [2.05, 4.69) is 6.58 Å². The van der Waals surface area contributed by atoms with Gasteiger partial charge in [0.2, 0.25) is 5.91 Å². The summed E-state index contributed by atoms with van der Waals surface area (Å²) >= 11 is 5.79. The Morgan fingerprint density at radius 2 is 1.47 bits per heavy atom. The number of hydrogen-bond acceptors (Lipinski definition) is 2. The molecule has 4 heteroatoms. The number of benzene rings is 2. The number of nitrogens with two attached hydrogens (primary N) is 1. The van der Waals surface area contributed by atoms with Crippen molar-refractivity contribution >= 4 is 23.1 Å². The second-order valence-electron chi connectivity index (χ2n) is 3.92. The summed E-state index contributed by atoms with van der Waals surface area (Å²) in [5.74, 6) is 0.806. The molecule has 0 bridgehead atoms. The molecule has 2 rings (SSSR count). The van der Waals surface area contributed by atoms with Crippen LogP contribution in [0.25, 0.3) is 5.57 Å². The van der Waals surface area contributed by atoms with Crippen LogP contribution in [0.1, 0.15) is 5.56 Å². The van der Waals surface area contributed by atoms with E-state index in [4.69, 9.17) is 22.1 Å². The van der Waals surface area contributed by atoms with Gasteiger partial charge in [0.15, 0.2) is 0 Å². The molecule has 96 valence electrons. The first-order valence-electron chi connectivity index (χ1n) is 5.59. The quantitative estimate of drug-likeness (QED) is 0.865. The number of rotatable bonds is 4. The first-order chi connectivity index (χ1) is 9.06. The maximum Gasteiger partial charge on any atom is 0.248 e. The highest BCUT2D eigenvalue weighted by Crippen LogP contribution is 2.24. The minimum atomic E-state index is -0.536. The minimum Gasteiger partial charge on any atom is -0.457 e. The van der Waals surface area contributed by atoms with E-state index in [1.165, 1.54) is 0 Å². The van der Waals surface area contributed by atoms with E-state index in [0.717, 1.165) is 0 Å². The summed E-state index contributed by atoms with van der Waals surface area (Å²) in [6, 6.07) is 14.0. The first kappa shape index (κ1) is 13.2. The highest BCUT2D eigenvalue weighted by Gasteiger charge is 2.05. The van der Waals surface area contributed by atoms with Gasteiger partial charge in [-0.05, 0) is 42.0 Å². The average Bonchev–Trinajstić information content (AvgIpc) is 2.41. The fourth-order valence-corrected chi connectivity index (χ4v) is 1.63. The van der Waals surface area contributed by atoms with Gasteiger partial charge in [0.25, 0.3) is 0 Å². The molecule has 0 radical (unpaired) electrons. The summed E-state index contributed by atoms with van der Waals surface area (Å²) in [7, 11) is 0. The van der Waals surface area contributed by atoms with E-state index in [1.54, 1.807) is 48.5 Å². The highest BCUT2D eigenvalue weighted by atomic mass is 35.5. The van der Waals surface area contributed by atoms with Crippen LogP contribution < -0.4 is 10.5 Å². The van der Waals surface area contributed by atoms with Crippen LogP contribution in [0.15, 0.2) is 55.1 Å². The third kappa shape index (κ3) is 3.36. The maximum atomic E-state index is 11.0. The van der Waals surface area contributed by atoms with E-state index in [9.17, 15) is 4.79 Å². The number of hydrogen-bond donors (Lipinski definition) is 1. The van der Waals surface area contributed by atoms with Gasteiger partial charge in [0.1, 0.15) is 11.5 Å². The Kier molecular flexibility index (Phi) is 3.88. The molecule has 0 heterocycles. The van der Waals surface area contributed by atoms with Crippen molar-refractivity contribution < 1.29 is 9.53 Å². The monoisotopic (exact) mass is 273 g/mol. The lowest BCUT2D eigenvalue weighted by atomic mass is 10.1. The number of amides is 1.